The maximum Gasteiger partial charge on any atom is 0.306 e. The number of carbonyl (C=O) groups is 3. The van der Waals surface area contributed by atoms with E-state index in [2.05, 4.69) is 20.8 Å². The highest BCUT2D eigenvalue weighted by molar-refractivity contribution is 5.71. The Morgan fingerprint density at radius 3 is 0.851 bits per heavy atom. The monoisotopic (exact) mass is 667 g/mol. The minimum Gasteiger partial charge on any atom is -0.462 e. The zero-order valence-electron chi connectivity index (χ0n) is 31.6. The molecule has 0 heterocycles. The summed E-state index contributed by atoms with van der Waals surface area (Å²) in [7, 11) is 0. The fraction of sp³-hybridized carbons (Fsp3) is 0.927. The van der Waals surface area contributed by atoms with Crippen LogP contribution in [0.1, 0.15) is 226 Å². The molecule has 0 aromatic carbocycles. The van der Waals surface area contributed by atoms with Gasteiger partial charge in [0.05, 0.1) is 0 Å². The Hall–Kier alpha value is -1.59. The van der Waals surface area contributed by atoms with Crippen LogP contribution in [0.25, 0.3) is 0 Å². The summed E-state index contributed by atoms with van der Waals surface area (Å²) in [5.41, 5.74) is 0. The number of hydrogen-bond donors (Lipinski definition) is 0. The number of esters is 3. The fourth-order valence-corrected chi connectivity index (χ4v) is 5.97. The molecule has 0 aliphatic heterocycles. The highest BCUT2D eigenvalue weighted by atomic mass is 16.6. The van der Waals surface area contributed by atoms with Crippen molar-refractivity contribution in [2.24, 2.45) is 0 Å². The second-order valence-corrected chi connectivity index (χ2v) is 13.9. The number of hydrogen-bond acceptors (Lipinski definition) is 6. The predicted octanol–water partition coefficient (Wildman–Crippen LogP) is 12.5. The van der Waals surface area contributed by atoms with Gasteiger partial charge < -0.3 is 14.2 Å². The molecule has 1 atom stereocenters. The minimum absolute atomic E-state index is 0.0645. The molecule has 0 aliphatic rings. The van der Waals surface area contributed by atoms with E-state index in [1.54, 1.807) is 0 Å². The molecule has 0 bridgehead atoms. The molecular formula is C41H78O6. The third-order valence-corrected chi connectivity index (χ3v) is 9.11. The second kappa shape index (κ2) is 37.2. The zero-order chi connectivity index (χ0) is 34.5. The van der Waals surface area contributed by atoms with Crippen LogP contribution in [0.5, 0.6) is 0 Å². The van der Waals surface area contributed by atoms with E-state index >= 15 is 0 Å². The summed E-state index contributed by atoms with van der Waals surface area (Å²) in [6, 6.07) is 0. The molecule has 6 nitrogen and oxygen atoms in total. The van der Waals surface area contributed by atoms with Crippen molar-refractivity contribution in [3.05, 3.63) is 0 Å². The number of carbonyl (C=O) groups excluding carboxylic acids is 3. The van der Waals surface area contributed by atoms with E-state index in [9.17, 15) is 14.4 Å². The van der Waals surface area contributed by atoms with Gasteiger partial charge >= 0.3 is 17.9 Å². The van der Waals surface area contributed by atoms with Crippen LogP contribution in [0.3, 0.4) is 0 Å². The van der Waals surface area contributed by atoms with Crippen LogP contribution in [0.4, 0.5) is 0 Å². The van der Waals surface area contributed by atoms with E-state index in [1.165, 1.54) is 122 Å². The van der Waals surface area contributed by atoms with Crippen LogP contribution in [0.15, 0.2) is 0 Å². The van der Waals surface area contributed by atoms with E-state index in [-0.39, 0.29) is 31.1 Å². The Morgan fingerprint density at radius 1 is 0.340 bits per heavy atom. The first-order valence-corrected chi connectivity index (χ1v) is 20.5. The molecule has 0 N–H and O–H groups in total. The summed E-state index contributed by atoms with van der Waals surface area (Å²) in [6.45, 7) is 6.54. The quantitative estimate of drug-likeness (QED) is 0.0373. The van der Waals surface area contributed by atoms with Gasteiger partial charge in [-0.05, 0) is 19.3 Å². The lowest BCUT2D eigenvalue weighted by molar-refractivity contribution is -0.167. The van der Waals surface area contributed by atoms with E-state index in [0.29, 0.717) is 19.3 Å². The standard InChI is InChI=1S/C41H78O6/c1-4-7-10-13-15-17-19-20-21-22-24-25-28-31-34-40(43)46-37-38(36-45-39(42)33-30-27-12-9-6-3)47-41(44)35-32-29-26-23-18-16-14-11-8-5-2/h38H,4-37H2,1-3H3/t38-/m0/s1. The SMILES string of the molecule is CCCCCCCCCCCCCCCCC(=O)OC[C@H](COC(=O)CCCCCCC)OC(=O)CCCCCCCCCCCC. The van der Waals surface area contributed by atoms with E-state index in [1.807, 2.05) is 0 Å². The Bertz CT molecular complexity index is 693. The van der Waals surface area contributed by atoms with Crippen molar-refractivity contribution in [3.8, 4) is 0 Å². The van der Waals surface area contributed by atoms with Gasteiger partial charge in [-0.2, -0.15) is 0 Å². The van der Waals surface area contributed by atoms with Crippen molar-refractivity contribution >= 4 is 17.9 Å². The van der Waals surface area contributed by atoms with Crippen LogP contribution < -0.4 is 0 Å². The first kappa shape index (κ1) is 45.4. The molecule has 0 aliphatic carbocycles. The Kier molecular flexibility index (Phi) is 36.0. The van der Waals surface area contributed by atoms with Crippen LogP contribution in [-0.4, -0.2) is 37.2 Å². The molecule has 0 amide bonds. The molecule has 0 spiro atoms. The van der Waals surface area contributed by atoms with Gasteiger partial charge in [0.1, 0.15) is 13.2 Å². The molecular weight excluding hydrogens is 588 g/mol. The molecule has 278 valence electrons. The first-order chi connectivity index (χ1) is 23.0. The fourth-order valence-electron chi connectivity index (χ4n) is 5.97. The molecule has 0 radical (unpaired) electrons. The molecule has 47 heavy (non-hydrogen) atoms. The highest BCUT2D eigenvalue weighted by Crippen LogP contribution is 2.15. The summed E-state index contributed by atoms with van der Waals surface area (Å²) in [4.78, 5) is 37.2. The van der Waals surface area contributed by atoms with Gasteiger partial charge in [-0.3, -0.25) is 14.4 Å². The third-order valence-electron chi connectivity index (χ3n) is 9.11. The molecule has 0 saturated carbocycles. The smallest absolute Gasteiger partial charge is 0.306 e. The van der Waals surface area contributed by atoms with Crippen molar-refractivity contribution in [1.29, 1.82) is 0 Å². The highest BCUT2D eigenvalue weighted by Gasteiger charge is 2.19. The van der Waals surface area contributed by atoms with Gasteiger partial charge in [0.15, 0.2) is 6.10 Å². The molecule has 0 fully saturated rings. The third kappa shape index (κ3) is 35.5. The lowest BCUT2D eigenvalue weighted by atomic mass is 10.0. The molecule has 0 aromatic heterocycles. The summed E-state index contributed by atoms with van der Waals surface area (Å²) in [5, 5.41) is 0. The first-order valence-electron chi connectivity index (χ1n) is 20.5. The lowest BCUT2D eigenvalue weighted by Gasteiger charge is -2.18. The average molecular weight is 667 g/mol. The second-order valence-electron chi connectivity index (χ2n) is 13.9. The van der Waals surface area contributed by atoms with Crippen LogP contribution in [0, 0.1) is 0 Å². The van der Waals surface area contributed by atoms with Crippen LogP contribution in [-0.2, 0) is 28.6 Å². The Morgan fingerprint density at radius 2 is 0.574 bits per heavy atom. The maximum absolute atomic E-state index is 12.6. The number of rotatable bonds is 37. The zero-order valence-corrected chi connectivity index (χ0v) is 31.6. The lowest BCUT2D eigenvalue weighted by Crippen LogP contribution is -2.30. The van der Waals surface area contributed by atoms with Gasteiger partial charge in [0, 0.05) is 19.3 Å². The topological polar surface area (TPSA) is 78.9 Å². The van der Waals surface area contributed by atoms with Gasteiger partial charge in [-0.1, -0.05) is 188 Å². The minimum atomic E-state index is -0.755. The van der Waals surface area contributed by atoms with Crippen molar-refractivity contribution in [2.45, 2.75) is 232 Å². The average Bonchev–Trinajstić information content (AvgIpc) is 3.06. The van der Waals surface area contributed by atoms with Gasteiger partial charge in [0.25, 0.3) is 0 Å². The van der Waals surface area contributed by atoms with Gasteiger partial charge in [-0.25, -0.2) is 0 Å². The summed E-state index contributed by atoms with van der Waals surface area (Å²) in [5.74, 6) is -0.874. The van der Waals surface area contributed by atoms with E-state index in [0.717, 1.165) is 64.2 Å². The molecule has 0 saturated heterocycles. The molecule has 0 aromatic rings. The molecule has 0 rings (SSSR count). The Labute approximate surface area is 291 Å². The molecule has 0 unspecified atom stereocenters. The summed E-state index contributed by atoms with van der Waals surface area (Å²) < 4.78 is 16.5. The van der Waals surface area contributed by atoms with Crippen molar-refractivity contribution in [3.63, 3.8) is 0 Å². The van der Waals surface area contributed by atoms with Crippen molar-refractivity contribution < 1.29 is 28.6 Å². The van der Waals surface area contributed by atoms with Gasteiger partial charge in [0.2, 0.25) is 0 Å². The van der Waals surface area contributed by atoms with Crippen LogP contribution in [0.2, 0.25) is 0 Å². The van der Waals surface area contributed by atoms with E-state index < -0.39 is 6.10 Å². The van der Waals surface area contributed by atoms with Crippen LogP contribution >= 0.6 is 0 Å². The predicted molar refractivity (Wildman–Crippen MR) is 197 cm³/mol. The Balaban J connectivity index is 4.21. The number of ether oxygens (including phenoxy) is 3. The largest absolute Gasteiger partial charge is 0.462 e. The van der Waals surface area contributed by atoms with E-state index in [4.69, 9.17) is 14.2 Å². The van der Waals surface area contributed by atoms with Crippen molar-refractivity contribution in [2.75, 3.05) is 13.2 Å². The molecule has 6 heteroatoms. The number of unbranched alkanes of at least 4 members (excludes halogenated alkanes) is 26. The van der Waals surface area contributed by atoms with Gasteiger partial charge in [-0.15, -0.1) is 0 Å². The normalized spacial score (nSPS) is 11.8. The summed E-state index contributed by atoms with van der Waals surface area (Å²) in [6.07, 6.45) is 35.4. The van der Waals surface area contributed by atoms with Crippen molar-refractivity contribution in [1.82, 2.24) is 0 Å². The summed E-state index contributed by atoms with van der Waals surface area (Å²) >= 11 is 0. The maximum atomic E-state index is 12.6.